The highest BCUT2D eigenvalue weighted by Crippen LogP contribution is 2.28. The van der Waals surface area contributed by atoms with E-state index in [2.05, 4.69) is 15.0 Å². The maximum absolute atomic E-state index is 13.6. The van der Waals surface area contributed by atoms with Gasteiger partial charge in [0.25, 0.3) is 5.56 Å². The van der Waals surface area contributed by atoms with Crippen LogP contribution in [0.25, 0.3) is 5.70 Å². The van der Waals surface area contributed by atoms with Gasteiger partial charge in [-0.1, -0.05) is 24.6 Å². The van der Waals surface area contributed by atoms with Crippen LogP contribution in [0.1, 0.15) is 49.1 Å². The van der Waals surface area contributed by atoms with Gasteiger partial charge in [0.2, 0.25) is 5.95 Å². The van der Waals surface area contributed by atoms with Crippen LogP contribution < -0.4 is 10.3 Å². The number of aliphatic imine (C=N–C) groups is 1. The lowest BCUT2D eigenvalue weighted by atomic mass is 9.99. The standard InChI is InChI=1S/C27H28ClFN4O3/c1-15-9-18(31-24(29)10-15)14-36-22-11-17(3)33(26(34)25(22)28)21-12-20(30-13-16(21)2)19-7-6-8-23(32-19)27(4,5)35/h6-12,16,35H,13-14H2,1-5H3/t16-/m1/s1. The molecule has 0 radical (unpaired) electrons. The second-order valence-electron chi connectivity index (χ2n) is 9.52. The summed E-state index contributed by atoms with van der Waals surface area (Å²) in [7, 11) is 0. The van der Waals surface area contributed by atoms with Gasteiger partial charge in [0.1, 0.15) is 23.0 Å². The van der Waals surface area contributed by atoms with E-state index in [0.717, 1.165) is 11.3 Å². The van der Waals surface area contributed by atoms with E-state index in [4.69, 9.17) is 16.3 Å². The number of aromatic nitrogens is 3. The lowest BCUT2D eigenvalue weighted by molar-refractivity contribution is 0.0738. The molecule has 0 saturated heterocycles. The summed E-state index contributed by atoms with van der Waals surface area (Å²) in [4.78, 5) is 26.4. The average Bonchev–Trinajstić information content (AvgIpc) is 2.80. The van der Waals surface area contributed by atoms with Crippen molar-refractivity contribution in [3.63, 3.8) is 0 Å². The first-order chi connectivity index (χ1) is 16.9. The fourth-order valence-corrected chi connectivity index (χ4v) is 4.24. The van der Waals surface area contributed by atoms with Crippen LogP contribution in [0, 0.1) is 25.7 Å². The van der Waals surface area contributed by atoms with Crippen molar-refractivity contribution in [1.82, 2.24) is 14.5 Å². The summed E-state index contributed by atoms with van der Waals surface area (Å²) in [6.45, 7) is 9.31. The van der Waals surface area contributed by atoms with Gasteiger partial charge in [0.05, 0.1) is 22.8 Å². The number of aliphatic hydroxyl groups is 1. The van der Waals surface area contributed by atoms with Gasteiger partial charge in [-0.25, -0.2) is 9.97 Å². The van der Waals surface area contributed by atoms with Crippen molar-refractivity contribution in [3.8, 4) is 5.75 Å². The monoisotopic (exact) mass is 510 g/mol. The first kappa shape index (κ1) is 25.7. The van der Waals surface area contributed by atoms with Crippen LogP contribution >= 0.6 is 11.6 Å². The Labute approximate surface area is 214 Å². The van der Waals surface area contributed by atoms with E-state index in [-0.39, 0.29) is 23.3 Å². The van der Waals surface area contributed by atoms with E-state index < -0.39 is 17.1 Å². The van der Waals surface area contributed by atoms with E-state index in [1.165, 1.54) is 6.07 Å². The Morgan fingerprint density at radius 2 is 1.97 bits per heavy atom. The Morgan fingerprint density at radius 3 is 2.67 bits per heavy atom. The molecule has 188 valence electrons. The SMILES string of the molecule is Cc1cc(F)nc(COc2cc(C)n(C3=CC(c4cccc(C(C)(C)O)n4)=NC[C@H]3C)c(=O)c2Cl)c1. The fraction of sp³-hybridized carbons (Fsp3) is 0.333. The Balaban J connectivity index is 1.68. The zero-order valence-corrected chi connectivity index (χ0v) is 21.6. The molecule has 9 heteroatoms. The van der Waals surface area contributed by atoms with Gasteiger partial charge in [-0.05, 0) is 63.6 Å². The number of hydrogen-bond donors (Lipinski definition) is 1. The van der Waals surface area contributed by atoms with Crippen LogP contribution in [0.5, 0.6) is 5.75 Å². The van der Waals surface area contributed by atoms with Crippen LogP contribution in [0.3, 0.4) is 0 Å². The molecule has 0 saturated carbocycles. The number of dihydropyridines is 1. The van der Waals surface area contributed by atoms with E-state index in [0.29, 0.717) is 35.0 Å². The molecule has 0 amide bonds. The molecule has 7 nitrogen and oxygen atoms in total. The zero-order chi connectivity index (χ0) is 26.2. The van der Waals surface area contributed by atoms with Gasteiger partial charge in [0, 0.05) is 29.9 Å². The highest BCUT2D eigenvalue weighted by atomic mass is 35.5. The average molecular weight is 511 g/mol. The molecule has 1 N–H and O–H groups in total. The Kier molecular flexibility index (Phi) is 7.11. The quantitative estimate of drug-likeness (QED) is 0.479. The van der Waals surface area contributed by atoms with Crippen LogP contribution in [0.4, 0.5) is 4.39 Å². The van der Waals surface area contributed by atoms with Crippen LogP contribution in [-0.4, -0.2) is 31.9 Å². The highest BCUT2D eigenvalue weighted by molar-refractivity contribution is 6.31. The van der Waals surface area contributed by atoms with Gasteiger partial charge in [-0.3, -0.25) is 14.4 Å². The molecule has 1 aliphatic heterocycles. The second kappa shape index (κ2) is 9.95. The number of nitrogens with zero attached hydrogens (tertiary/aromatic N) is 4. The largest absolute Gasteiger partial charge is 0.485 e. The van der Waals surface area contributed by atoms with Crippen molar-refractivity contribution in [1.29, 1.82) is 0 Å². The summed E-state index contributed by atoms with van der Waals surface area (Å²) < 4.78 is 20.9. The summed E-state index contributed by atoms with van der Waals surface area (Å²) in [5.74, 6) is -0.439. The molecule has 0 aliphatic carbocycles. The molecule has 36 heavy (non-hydrogen) atoms. The lowest BCUT2D eigenvalue weighted by Crippen LogP contribution is -2.29. The molecule has 0 unspecified atom stereocenters. The highest BCUT2D eigenvalue weighted by Gasteiger charge is 2.24. The van der Waals surface area contributed by atoms with Crippen LogP contribution in [-0.2, 0) is 12.2 Å². The van der Waals surface area contributed by atoms with E-state index >= 15 is 0 Å². The van der Waals surface area contributed by atoms with Gasteiger partial charge in [0.15, 0.2) is 0 Å². The van der Waals surface area contributed by atoms with Gasteiger partial charge < -0.3 is 9.84 Å². The van der Waals surface area contributed by atoms with Crippen molar-refractivity contribution >= 4 is 23.0 Å². The summed E-state index contributed by atoms with van der Waals surface area (Å²) >= 11 is 6.44. The summed E-state index contributed by atoms with van der Waals surface area (Å²) in [6, 6.07) is 10.1. The molecule has 0 spiro atoms. The third kappa shape index (κ3) is 5.39. The Bertz CT molecular complexity index is 1420. The van der Waals surface area contributed by atoms with E-state index in [1.807, 2.05) is 25.1 Å². The zero-order valence-electron chi connectivity index (χ0n) is 20.8. The van der Waals surface area contributed by atoms with Crippen molar-refractivity contribution in [2.24, 2.45) is 10.9 Å². The van der Waals surface area contributed by atoms with Crippen molar-refractivity contribution in [2.45, 2.75) is 46.8 Å². The molecule has 0 aromatic carbocycles. The molecule has 0 bridgehead atoms. The minimum Gasteiger partial charge on any atom is -0.485 e. The van der Waals surface area contributed by atoms with Crippen molar-refractivity contribution in [2.75, 3.05) is 6.54 Å². The minimum absolute atomic E-state index is 0.0274. The fourth-order valence-electron chi connectivity index (χ4n) is 4.04. The second-order valence-corrected chi connectivity index (χ2v) is 9.89. The molecule has 3 aromatic rings. The Morgan fingerprint density at radius 1 is 1.22 bits per heavy atom. The number of pyridine rings is 3. The summed E-state index contributed by atoms with van der Waals surface area (Å²) in [6.07, 6.45) is 1.83. The Hall–Kier alpha value is -3.36. The van der Waals surface area contributed by atoms with Crippen LogP contribution in [0.15, 0.2) is 52.3 Å². The van der Waals surface area contributed by atoms with Gasteiger partial charge >= 0.3 is 0 Å². The van der Waals surface area contributed by atoms with Gasteiger partial charge in [-0.2, -0.15) is 4.39 Å². The number of allylic oxidation sites excluding steroid dienone is 1. The minimum atomic E-state index is -1.10. The van der Waals surface area contributed by atoms with Crippen molar-refractivity contribution in [3.05, 3.63) is 92.1 Å². The topological polar surface area (TPSA) is 89.6 Å². The summed E-state index contributed by atoms with van der Waals surface area (Å²) in [5, 5.41) is 10.3. The van der Waals surface area contributed by atoms with Crippen LogP contribution in [0.2, 0.25) is 5.02 Å². The third-order valence-corrected chi connectivity index (χ3v) is 6.24. The molecule has 1 atom stereocenters. The number of ether oxygens (including phenoxy) is 1. The molecule has 4 heterocycles. The summed E-state index contributed by atoms with van der Waals surface area (Å²) in [5.41, 5.74) is 2.70. The predicted octanol–water partition coefficient (Wildman–Crippen LogP) is 4.83. The molecular formula is C27H28ClFN4O3. The lowest BCUT2D eigenvalue weighted by Gasteiger charge is -2.24. The molecular weight excluding hydrogens is 483 g/mol. The smallest absolute Gasteiger partial charge is 0.277 e. The number of aryl methyl sites for hydroxylation is 2. The van der Waals surface area contributed by atoms with Crippen molar-refractivity contribution < 1.29 is 14.2 Å². The number of rotatable bonds is 6. The number of hydrogen-bond acceptors (Lipinski definition) is 6. The molecule has 1 aliphatic rings. The molecule has 0 fully saturated rings. The normalized spacial score (nSPS) is 15.9. The maximum atomic E-state index is 13.6. The molecule has 3 aromatic heterocycles. The third-order valence-electron chi connectivity index (χ3n) is 5.89. The first-order valence-corrected chi connectivity index (χ1v) is 12.0. The van der Waals surface area contributed by atoms with E-state index in [1.54, 1.807) is 50.5 Å². The molecule has 4 rings (SSSR count). The predicted molar refractivity (Wildman–Crippen MR) is 138 cm³/mol. The van der Waals surface area contributed by atoms with Gasteiger partial charge in [-0.15, -0.1) is 0 Å². The first-order valence-electron chi connectivity index (χ1n) is 11.6. The maximum Gasteiger partial charge on any atom is 0.277 e. The van der Waals surface area contributed by atoms with E-state index in [9.17, 15) is 14.3 Å². The number of halogens is 2.